The van der Waals surface area contributed by atoms with Crippen molar-refractivity contribution in [3.05, 3.63) is 0 Å². The van der Waals surface area contributed by atoms with Gasteiger partial charge in [-0.2, -0.15) is 0 Å². The Labute approximate surface area is 38.6 Å². The number of ether oxygens (including phenoxy) is 1. The number of hydrogen-bond acceptors (Lipinski definition) is 4. The molecule has 7 heavy (non-hydrogen) atoms. The summed E-state index contributed by atoms with van der Waals surface area (Å²) in [4.78, 5) is 19.6. The summed E-state index contributed by atoms with van der Waals surface area (Å²) in [6.07, 6.45) is -1.60. The molecular formula is C2H2N2O3. The molecule has 0 radical (unpaired) electrons. The molecule has 1 heterocycles. The zero-order valence-corrected chi connectivity index (χ0v) is 3.25. The molecule has 2 amide bonds. The van der Waals surface area contributed by atoms with Crippen LogP contribution in [0.15, 0.2) is 0 Å². The first kappa shape index (κ1) is 4.07. The van der Waals surface area contributed by atoms with Crippen molar-refractivity contribution in [2.45, 2.75) is 0 Å². The average Bonchev–Trinajstić information content (AvgIpc) is 1.68. The Morgan fingerprint density at radius 1 is 1.43 bits per heavy atom. The number of hydrogen-bond donors (Lipinski definition) is 1. The summed E-state index contributed by atoms with van der Waals surface area (Å²) in [7, 11) is 0. The van der Waals surface area contributed by atoms with E-state index in [0.29, 0.717) is 5.01 Å². The number of carbonyl (C=O) groups is 2. The number of nitrogens with two attached hydrogens (primary N) is 1. The zero-order valence-electron chi connectivity index (χ0n) is 3.25. The predicted molar refractivity (Wildman–Crippen MR) is 17.9 cm³/mol. The van der Waals surface area contributed by atoms with Gasteiger partial charge in [0.2, 0.25) is 0 Å². The van der Waals surface area contributed by atoms with Crippen LogP contribution in [-0.2, 0) is 4.74 Å². The lowest BCUT2D eigenvalue weighted by Gasteiger charge is -2.19. The third-order valence-corrected chi connectivity index (χ3v) is 0.568. The van der Waals surface area contributed by atoms with Crippen LogP contribution >= 0.6 is 0 Å². The predicted octanol–water partition coefficient (Wildman–Crippen LogP) is -0.568. The Hall–Kier alpha value is -1.10. The fraction of sp³-hybridized carbons (Fsp3) is 0. The molecule has 0 atom stereocenters. The molecule has 0 spiro atoms. The number of nitrogens with zero attached hydrogens (tertiary/aromatic N) is 1. The van der Waals surface area contributed by atoms with Crippen LogP contribution in [-0.4, -0.2) is 17.2 Å². The number of rotatable bonds is 0. The van der Waals surface area contributed by atoms with Gasteiger partial charge in [-0.15, -0.1) is 5.01 Å². The molecule has 1 aliphatic rings. The Kier molecular flexibility index (Phi) is 0.547. The van der Waals surface area contributed by atoms with Crippen LogP contribution in [0.2, 0.25) is 0 Å². The van der Waals surface area contributed by atoms with Crippen molar-refractivity contribution >= 4 is 12.2 Å². The van der Waals surface area contributed by atoms with Gasteiger partial charge in [0, 0.05) is 0 Å². The summed E-state index contributed by atoms with van der Waals surface area (Å²) in [6.45, 7) is 0. The van der Waals surface area contributed by atoms with E-state index < -0.39 is 12.2 Å². The van der Waals surface area contributed by atoms with E-state index in [1.54, 1.807) is 0 Å². The first-order valence-corrected chi connectivity index (χ1v) is 1.52. The van der Waals surface area contributed by atoms with Crippen molar-refractivity contribution in [3.8, 4) is 0 Å². The van der Waals surface area contributed by atoms with Gasteiger partial charge in [0.15, 0.2) is 0 Å². The maximum atomic E-state index is 9.80. The Morgan fingerprint density at radius 2 is 1.86 bits per heavy atom. The van der Waals surface area contributed by atoms with Crippen LogP contribution < -0.4 is 5.84 Å². The van der Waals surface area contributed by atoms with Gasteiger partial charge in [-0.05, 0) is 0 Å². The minimum Gasteiger partial charge on any atom is -0.356 e. The number of hydrazine groups is 1. The molecular weight excluding hydrogens is 100 g/mol. The summed E-state index contributed by atoms with van der Waals surface area (Å²) >= 11 is 0. The van der Waals surface area contributed by atoms with Gasteiger partial charge in [-0.3, -0.25) is 0 Å². The first-order valence-electron chi connectivity index (χ1n) is 1.52. The number of carbonyl (C=O) groups excluding carboxylic acids is 2. The second-order valence-corrected chi connectivity index (χ2v) is 1.00. The molecule has 1 fully saturated rings. The van der Waals surface area contributed by atoms with Crippen LogP contribution in [0.25, 0.3) is 0 Å². The Balaban J connectivity index is 2.59. The minimum absolute atomic E-state index is 0.389. The van der Waals surface area contributed by atoms with Crippen LogP contribution in [0.1, 0.15) is 0 Å². The van der Waals surface area contributed by atoms with Gasteiger partial charge in [-0.1, -0.05) is 0 Å². The molecule has 0 aromatic carbocycles. The highest BCUT2D eigenvalue weighted by atomic mass is 16.7. The topological polar surface area (TPSA) is 72.6 Å². The molecule has 0 saturated carbocycles. The van der Waals surface area contributed by atoms with Crippen molar-refractivity contribution < 1.29 is 14.3 Å². The van der Waals surface area contributed by atoms with E-state index in [-0.39, 0.29) is 0 Å². The molecule has 1 rings (SSSR count). The summed E-state index contributed by atoms with van der Waals surface area (Å²) in [6, 6.07) is 0. The van der Waals surface area contributed by atoms with Gasteiger partial charge in [0.1, 0.15) is 0 Å². The second-order valence-electron chi connectivity index (χ2n) is 1.00. The second kappa shape index (κ2) is 0.941. The summed E-state index contributed by atoms with van der Waals surface area (Å²) < 4.78 is 3.77. The van der Waals surface area contributed by atoms with E-state index in [1.165, 1.54) is 0 Å². The molecule has 0 aromatic rings. The monoisotopic (exact) mass is 102 g/mol. The highest BCUT2D eigenvalue weighted by Gasteiger charge is 2.34. The van der Waals surface area contributed by atoms with E-state index in [0.717, 1.165) is 0 Å². The normalized spacial score (nSPS) is 18.7. The lowest BCUT2D eigenvalue weighted by Crippen LogP contribution is -2.54. The zero-order chi connectivity index (χ0) is 5.44. The maximum Gasteiger partial charge on any atom is 0.443 e. The van der Waals surface area contributed by atoms with E-state index in [9.17, 15) is 9.59 Å². The van der Waals surface area contributed by atoms with E-state index in [1.807, 2.05) is 0 Å². The SMILES string of the molecule is NN1C(=O)OC1=O. The average molecular weight is 102 g/mol. The fourth-order valence-electron chi connectivity index (χ4n) is 0.209. The lowest BCUT2D eigenvalue weighted by atomic mass is 10.8. The Bertz CT molecular complexity index is 117. The van der Waals surface area contributed by atoms with Gasteiger partial charge < -0.3 is 4.74 Å². The summed E-state index contributed by atoms with van der Waals surface area (Å²) in [5, 5.41) is 0.389. The molecule has 38 valence electrons. The van der Waals surface area contributed by atoms with Gasteiger partial charge in [0.25, 0.3) is 0 Å². The summed E-state index contributed by atoms with van der Waals surface area (Å²) in [5.74, 6) is 4.67. The van der Waals surface area contributed by atoms with E-state index >= 15 is 0 Å². The number of imide groups is 1. The highest BCUT2D eigenvalue weighted by molar-refractivity contribution is 6.02. The molecule has 5 nitrogen and oxygen atoms in total. The molecule has 0 aliphatic carbocycles. The van der Waals surface area contributed by atoms with Crippen molar-refractivity contribution in [1.29, 1.82) is 0 Å². The van der Waals surface area contributed by atoms with E-state index in [2.05, 4.69) is 10.6 Å². The molecule has 1 saturated heterocycles. The standard InChI is InChI=1S/C2H2N2O3/c3-4-1(5)7-2(4)6/h3H2. The van der Waals surface area contributed by atoms with Crippen LogP contribution in [0.5, 0.6) is 0 Å². The van der Waals surface area contributed by atoms with Crippen LogP contribution in [0.3, 0.4) is 0 Å². The van der Waals surface area contributed by atoms with Gasteiger partial charge in [-0.25, -0.2) is 15.4 Å². The minimum atomic E-state index is -0.801. The van der Waals surface area contributed by atoms with Gasteiger partial charge in [0.05, 0.1) is 0 Å². The molecule has 1 aliphatic heterocycles. The quantitative estimate of drug-likeness (QED) is 0.252. The molecule has 0 aromatic heterocycles. The van der Waals surface area contributed by atoms with Gasteiger partial charge >= 0.3 is 12.2 Å². The van der Waals surface area contributed by atoms with E-state index in [4.69, 9.17) is 0 Å². The smallest absolute Gasteiger partial charge is 0.356 e. The van der Waals surface area contributed by atoms with Crippen molar-refractivity contribution in [1.82, 2.24) is 5.01 Å². The lowest BCUT2D eigenvalue weighted by molar-refractivity contribution is 0.0580. The van der Waals surface area contributed by atoms with Crippen LogP contribution in [0, 0.1) is 0 Å². The largest absolute Gasteiger partial charge is 0.443 e. The Morgan fingerprint density at radius 3 is 1.86 bits per heavy atom. The van der Waals surface area contributed by atoms with Crippen LogP contribution in [0.4, 0.5) is 9.59 Å². The highest BCUT2D eigenvalue weighted by Crippen LogP contribution is 2.01. The number of cyclic esters (lactones) is 2. The molecule has 2 N–H and O–H groups in total. The third-order valence-electron chi connectivity index (χ3n) is 0.568. The fourth-order valence-corrected chi connectivity index (χ4v) is 0.209. The van der Waals surface area contributed by atoms with Crippen molar-refractivity contribution in [2.24, 2.45) is 5.84 Å². The number of amides is 2. The molecule has 5 heteroatoms. The molecule has 0 bridgehead atoms. The third kappa shape index (κ3) is 0.347. The maximum absolute atomic E-state index is 9.80. The van der Waals surface area contributed by atoms with Crippen molar-refractivity contribution in [3.63, 3.8) is 0 Å². The summed E-state index contributed by atoms with van der Waals surface area (Å²) in [5.41, 5.74) is 0. The molecule has 0 unspecified atom stereocenters. The first-order chi connectivity index (χ1) is 3.22. The van der Waals surface area contributed by atoms with Crippen molar-refractivity contribution in [2.75, 3.05) is 0 Å².